The van der Waals surface area contributed by atoms with Gasteiger partial charge < -0.3 is 10.8 Å². The Bertz CT molecular complexity index is 393. The third-order valence-electron chi connectivity index (χ3n) is 2.72. The van der Waals surface area contributed by atoms with E-state index in [2.05, 4.69) is 0 Å². The Morgan fingerprint density at radius 1 is 1.47 bits per heavy atom. The highest BCUT2D eigenvalue weighted by molar-refractivity contribution is 5.76. The van der Waals surface area contributed by atoms with E-state index in [4.69, 9.17) is 10.8 Å². The van der Waals surface area contributed by atoms with Gasteiger partial charge in [0.2, 0.25) is 0 Å². The van der Waals surface area contributed by atoms with Gasteiger partial charge in [-0.15, -0.1) is 0 Å². The van der Waals surface area contributed by atoms with Crippen LogP contribution < -0.4 is 5.73 Å². The maximum absolute atomic E-state index is 11.1. The number of carboxylic acids is 1. The Morgan fingerprint density at radius 3 is 2.59 bits per heavy atom. The van der Waals surface area contributed by atoms with Crippen molar-refractivity contribution in [3.63, 3.8) is 0 Å². The van der Waals surface area contributed by atoms with Crippen molar-refractivity contribution in [2.24, 2.45) is 5.73 Å². The van der Waals surface area contributed by atoms with E-state index in [1.807, 2.05) is 45.0 Å². The standard InChI is InChI=1S/C14H21NO2/c1-4-12(13(16)17)11-7-5-6-10(8-11)9-14(2,3)15/h5-8,12H,4,9,15H2,1-3H3,(H,16,17). The van der Waals surface area contributed by atoms with Crippen molar-refractivity contribution < 1.29 is 9.90 Å². The van der Waals surface area contributed by atoms with Gasteiger partial charge in [-0.25, -0.2) is 0 Å². The molecule has 0 heterocycles. The molecule has 0 aromatic heterocycles. The second-order valence-electron chi connectivity index (χ2n) is 5.21. The first-order valence-corrected chi connectivity index (χ1v) is 5.94. The summed E-state index contributed by atoms with van der Waals surface area (Å²) in [4.78, 5) is 11.1. The lowest BCUT2D eigenvalue weighted by atomic mass is 9.91. The van der Waals surface area contributed by atoms with Crippen LogP contribution in [0.15, 0.2) is 24.3 Å². The number of carbonyl (C=O) groups is 1. The molecule has 0 saturated carbocycles. The molecule has 3 N–H and O–H groups in total. The van der Waals surface area contributed by atoms with Gasteiger partial charge in [-0.2, -0.15) is 0 Å². The van der Waals surface area contributed by atoms with Gasteiger partial charge in [0, 0.05) is 5.54 Å². The molecule has 1 aromatic carbocycles. The molecule has 3 heteroatoms. The molecular weight excluding hydrogens is 214 g/mol. The van der Waals surface area contributed by atoms with Crippen molar-refractivity contribution >= 4 is 5.97 Å². The van der Waals surface area contributed by atoms with Crippen LogP contribution in [0.25, 0.3) is 0 Å². The Labute approximate surface area is 103 Å². The molecular formula is C14H21NO2. The fourth-order valence-corrected chi connectivity index (χ4v) is 2.00. The van der Waals surface area contributed by atoms with Crippen molar-refractivity contribution in [1.29, 1.82) is 0 Å². The Morgan fingerprint density at radius 2 is 2.12 bits per heavy atom. The van der Waals surface area contributed by atoms with Crippen LogP contribution >= 0.6 is 0 Å². The second-order valence-corrected chi connectivity index (χ2v) is 5.21. The van der Waals surface area contributed by atoms with E-state index in [-0.39, 0.29) is 5.54 Å². The van der Waals surface area contributed by atoms with Crippen molar-refractivity contribution in [3.8, 4) is 0 Å². The zero-order valence-electron chi connectivity index (χ0n) is 10.7. The fourth-order valence-electron chi connectivity index (χ4n) is 2.00. The van der Waals surface area contributed by atoms with Crippen LogP contribution in [0.2, 0.25) is 0 Å². The maximum Gasteiger partial charge on any atom is 0.310 e. The summed E-state index contributed by atoms with van der Waals surface area (Å²) >= 11 is 0. The summed E-state index contributed by atoms with van der Waals surface area (Å²) in [5, 5.41) is 9.13. The lowest BCUT2D eigenvalue weighted by Crippen LogP contribution is -2.34. The minimum Gasteiger partial charge on any atom is -0.481 e. The van der Waals surface area contributed by atoms with E-state index in [1.165, 1.54) is 0 Å². The molecule has 1 rings (SSSR count). The van der Waals surface area contributed by atoms with Gasteiger partial charge in [-0.05, 0) is 37.8 Å². The largest absolute Gasteiger partial charge is 0.481 e. The molecule has 0 aliphatic heterocycles. The highest BCUT2D eigenvalue weighted by Crippen LogP contribution is 2.22. The van der Waals surface area contributed by atoms with Gasteiger partial charge in [0.25, 0.3) is 0 Å². The quantitative estimate of drug-likeness (QED) is 0.824. The van der Waals surface area contributed by atoms with Crippen molar-refractivity contribution in [2.75, 3.05) is 0 Å². The van der Waals surface area contributed by atoms with Crippen LogP contribution in [0, 0.1) is 0 Å². The average molecular weight is 235 g/mol. The summed E-state index contributed by atoms with van der Waals surface area (Å²) in [6, 6.07) is 7.72. The third kappa shape index (κ3) is 4.19. The summed E-state index contributed by atoms with van der Waals surface area (Å²) < 4.78 is 0. The SMILES string of the molecule is CCC(C(=O)O)c1cccc(CC(C)(C)N)c1. The van der Waals surface area contributed by atoms with Gasteiger partial charge >= 0.3 is 5.97 Å². The molecule has 94 valence electrons. The lowest BCUT2D eigenvalue weighted by Gasteiger charge is -2.19. The van der Waals surface area contributed by atoms with Crippen LogP contribution in [-0.4, -0.2) is 16.6 Å². The smallest absolute Gasteiger partial charge is 0.310 e. The molecule has 1 aromatic rings. The minimum atomic E-state index is -0.767. The number of hydrogen-bond acceptors (Lipinski definition) is 2. The third-order valence-corrected chi connectivity index (χ3v) is 2.72. The number of aliphatic carboxylic acids is 1. The highest BCUT2D eigenvalue weighted by Gasteiger charge is 2.18. The summed E-state index contributed by atoms with van der Waals surface area (Å²) in [6.45, 7) is 5.82. The zero-order chi connectivity index (χ0) is 13.1. The van der Waals surface area contributed by atoms with Crippen molar-refractivity contribution in [3.05, 3.63) is 35.4 Å². The highest BCUT2D eigenvalue weighted by atomic mass is 16.4. The normalized spacial score (nSPS) is 13.4. The number of carboxylic acid groups (broad SMARTS) is 1. The Kier molecular flexibility index (Phi) is 4.29. The number of nitrogens with two attached hydrogens (primary N) is 1. The first-order chi connectivity index (χ1) is 7.83. The van der Waals surface area contributed by atoms with Crippen molar-refractivity contribution in [2.45, 2.75) is 45.1 Å². The topological polar surface area (TPSA) is 63.3 Å². The second kappa shape index (κ2) is 5.32. The van der Waals surface area contributed by atoms with Gasteiger partial charge in [-0.1, -0.05) is 31.2 Å². The van der Waals surface area contributed by atoms with Crippen LogP contribution in [0.5, 0.6) is 0 Å². The predicted molar refractivity (Wildman–Crippen MR) is 69.1 cm³/mol. The minimum absolute atomic E-state index is 0.274. The molecule has 0 bridgehead atoms. The van der Waals surface area contributed by atoms with E-state index in [1.54, 1.807) is 0 Å². The first-order valence-electron chi connectivity index (χ1n) is 5.94. The van der Waals surface area contributed by atoms with E-state index in [9.17, 15) is 4.79 Å². The molecule has 1 unspecified atom stereocenters. The molecule has 0 spiro atoms. The van der Waals surface area contributed by atoms with E-state index in [0.29, 0.717) is 6.42 Å². The van der Waals surface area contributed by atoms with Crippen LogP contribution in [-0.2, 0) is 11.2 Å². The van der Waals surface area contributed by atoms with Gasteiger partial charge in [-0.3, -0.25) is 4.79 Å². The molecule has 17 heavy (non-hydrogen) atoms. The number of hydrogen-bond donors (Lipinski definition) is 2. The van der Waals surface area contributed by atoms with Crippen molar-refractivity contribution in [1.82, 2.24) is 0 Å². The molecule has 0 saturated heterocycles. The Balaban J connectivity index is 2.96. The van der Waals surface area contributed by atoms with Gasteiger partial charge in [0.05, 0.1) is 5.92 Å². The van der Waals surface area contributed by atoms with Crippen LogP contribution in [0.4, 0.5) is 0 Å². The van der Waals surface area contributed by atoms with E-state index < -0.39 is 11.9 Å². The molecule has 3 nitrogen and oxygen atoms in total. The number of benzene rings is 1. The summed E-state index contributed by atoms with van der Waals surface area (Å²) in [6.07, 6.45) is 1.35. The Hall–Kier alpha value is -1.35. The number of rotatable bonds is 5. The monoisotopic (exact) mass is 235 g/mol. The molecule has 0 aliphatic carbocycles. The average Bonchev–Trinajstić information content (AvgIpc) is 2.15. The fraction of sp³-hybridized carbons (Fsp3) is 0.500. The van der Waals surface area contributed by atoms with E-state index >= 15 is 0 Å². The van der Waals surface area contributed by atoms with E-state index in [0.717, 1.165) is 17.5 Å². The predicted octanol–water partition coefficient (Wildman–Crippen LogP) is 2.54. The molecule has 0 radical (unpaired) electrons. The molecule has 0 aliphatic rings. The molecule has 1 atom stereocenters. The first kappa shape index (κ1) is 13.7. The molecule has 0 amide bonds. The summed E-state index contributed by atoms with van der Waals surface area (Å²) in [5.74, 6) is -1.19. The van der Waals surface area contributed by atoms with Gasteiger partial charge in [0.15, 0.2) is 0 Å². The van der Waals surface area contributed by atoms with Crippen LogP contribution in [0.3, 0.4) is 0 Å². The lowest BCUT2D eigenvalue weighted by molar-refractivity contribution is -0.138. The molecule has 0 fully saturated rings. The van der Waals surface area contributed by atoms with Gasteiger partial charge in [0.1, 0.15) is 0 Å². The zero-order valence-corrected chi connectivity index (χ0v) is 10.7. The maximum atomic E-state index is 11.1. The van der Waals surface area contributed by atoms with Crippen LogP contribution in [0.1, 0.15) is 44.2 Å². The summed E-state index contributed by atoms with van der Waals surface area (Å²) in [7, 11) is 0. The summed E-state index contributed by atoms with van der Waals surface area (Å²) in [5.41, 5.74) is 7.65.